The first-order valence-electron chi connectivity index (χ1n) is 9.53. The van der Waals surface area contributed by atoms with Gasteiger partial charge in [-0.15, -0.1) is 10.2 Å². The summed E-state index contributed by atoms with van der Waals surface area (Å²) in [5, 5.41) is 8.95. The van der Waals surface area contributed by atoms with Crippen LogP contribution < -0.4 is 10.5 Å². The highest BCUT2D eigenvalue weighted by Gasteiger charge is 2.25. The van der Waals surface area contributed by atoms with Crippen LogP contribution in [0.1, 0.15) is 10.8 Å². The number of ether oxygens (including phenoxy) is 1. The fourth-order valence-electron chi connectivity index (χ4n) is 3.13. The third kappa shape index (κ3) is 4.61. The zero-order valence-corrected chi connectivity index (χ0v) is 18.5. The summed E-state index contributed by atoms with van der Waals surface area (Å²) in [5.41, 5.74) is 7.80. The summed E-state index contributed by atoms with van der Waals surface area (Å²) in [6, 6.07) is 20.2. The lowest BCUT2D eigenvalue weighted by Gasteiger charge is -2.15. The fourth-order valence-corrected chi connectivity index (χ4v) is 4.26. The molecule has 0 aliphatic rings. The summed E-state index contributed by atoms with van der Waals surface area (Å²) < 4.78 is 20.4. The first-order valence-corrected chi connectivity index (χ1v) is 10.8. The molecule has 0 saturated heterocycles. The highest BCUT2D eigenvalue weighted by molar-refractivity contribution is 8.00. The molecule has 1 heterocycles. The minimum absolute atomic E-state index is 0.395. The molecule has 1 aromatic heterocycles. The van der Waals surface area contributed by atoms with E-state index in [-0.39, 0.29) is 0 Å². The van der Waals surface area contributed by atoms with Gasteiger partial charge in [0.05, 0.1) is 7.11 Å². The van der Waals surface area contributed by atoms with Crippen molar-refractivity contribution in [2.24, 2.45) is 5.73 Å². The number of nitrogens with zero attached hydrogens (tertiary/aromatic N) is 3. The molecule has 2 N–H and O–H groups in total. The molecule has 9 heteroatoms. The number of halogens is 2. The number of methoxy groups -OCH3 is 1. The zero-order valence-electron chi connectivity index (χ0n) is 16.9. The number of rotatable bonds is 7. The standard InChI is InChI=1S/C23H18ClFN4O2S/c1-31-19-12-4-15(5-13-19)22-27-28-23(29(22)18-10-6-16(24)7-11-18)32-20(21(26)30)14-2-8-17(25)9-3-14/h2-13,20H,1H3,(H2,26,30). The Labute approximate surface area is 193 Å². The predicted molar refractivity (Wildman–Crippen MR) is 123 cm³/mol. The molecule has 3 aromatic carbocycles. The average Bonchev–Trinajstić information content (AvgIpc) is 3.22. The van der Waals surface area contributed by atoms with Crippen molar-refractivity contribution in [3.8, 4) is 22.8 Å². The van der Waals surface area contributed by atoms with Crippen molar-refractivity contribution in [2.75, 3.05) is 7.11 Å². The second-order valence-corrected chi connectivity index (χ2v) is 8.31. The van der Waals surface area contributed by atoms with Gasteiger partial charge in [-0.05, 0) is 66.2 Å². The Bertz CT molecular complexity index is 1230. The van der Waals surface area contributed by atoms with Crippen molar-refractivity contribution in [1.29, 1.82) is 0 Å². The van der Waals surface area contributed by atoms with Crippen LogP contribution >= 0.6 is 23.4 Å². The Morgan fingerprint density at radius 1 is 1.03 bits per heavy atom. The molecule has 32 heavy (non-hydrogen) atoms. The first-order chi connectivity index (χ1) is 15.5. The van der Waals surface area contributed by atoms with Gasteiger partial charge in [-0.3, -0.25) is 9.36 Å². The van der Waals surface area contributed by atoms with Gasteiger partial charge in [0.2, 0.25) is 5.91 Å². The summed E-state index contributed by atoms with van der Waals surface area (Å²) in [4.78, 5) is 12.2. The molecule has 0 spiro atoms. The molecule has 1 atom stereocenters. The highest BCUT2D eigenvalue weighted by Crippen LogP contribution is 2.37. The molecular weight excluding hydrogens is 451 g/mol. The average molecular weight is 469 g/mol. The van der Waals surface area contributed by atoms with Crippen molar-refractivity contribution < 1.29 is 13.9 Å². The van der Waals surface area contributed by atoms with E-state index in [4.69, 9.17) is 22.1 Å². The van der Waals surface area contributed by atoms with Gasteiger partial charge >= 0.3 is 0 Å². The van der Waals surface area contributed by atoms with Gasteiger partial charge in [0.15, 0.2) is 11.0 Å². The van der Waals surface area contributed by atoms with E-state index in [1.165, 1.54) is 24.3 Å². The molecule has 4 aromatic rings. The predicted octanol–water partition coefficient (Wildman–Crippen LogP) is 5.05. The molecule has 162 valence electrons. The molecule has 0 saturated carbocycles. The number of hydrogen-bond acceptors (Lipinski definition) is 5. The van der Waals surface area contributed by atoms with E-state index in [1.54, 1.807) is 19.2 Å². The Morgan fingerprint density at radius 3 is 2.28 bits per heavy atom. The van der Waals surface area contributed by atoms with E-state index < -0.39 is 17.0 Å². The Kier molecular flexibility index (Phi) is 6.43. The minimum Gasteiger partial charge on any atom is -0.497 e. The van der Waals surface area contributed by atoms with Crippen LogP contribution in [-0.2, 0) is 4.79 Å². The van der Waals surface area contributed by atoms with Crippen LogP contribution in [0.25, 0.3) is 17.1 Å². The molecule has 1 amide bonds. The van der Waals surface area contributed by atoms with Crippen LogP contribution in [0.15, 0.2) is 78.0 Å². The van der Waals surface area contributed by atoms with E-state index in [1.807, 2.05) is 41.0 Å². The third-order valence-electron chi connectivity index (χ3n) is 4.72. The summed E-state index contributed by atoms with van der Waals surface area (Å²) in [5.74, 6) is 0.317. The lowest BCUT2D eigenvalue weighted by atomic mass is 10.1. The number of thioether (sulfide) groups is 1. The number of carbonyl (C=O) groups is 1. The Morgan fingerprint density at radius 2 is 1.69 bits per heavy atom. The molecule has 1 unspecified atom stereocenters. The SMILES string of the molecule is COc1ccc(-c2nnc(SC(C(N)=O)c3ccc(F)cc3)n2-c2ccc(Cl)cc2)cc1. The zero-order chi connectivity index (χ0) is 22.7. The van der Waals surface area contributed by atoms with Crippen molar-refractivity contribution >= 4 is 29.3 Å². The van der Waals surface area contributed by atoms with Crippen LogP contribution in [0.5, 0.6) is 5.75 Å². The monoisotopic (exact) mass is 468 g/mol. The van der Waals surface area contributed by atoms with Crippen LogP contribution in [0, 0.1) is 5.82 Å². The quantitative estimate of drug-likeness (QED) is 0.383. The van der Waals surface area contributed by atoms with E-state index in [2.05, 4.69) is 10.2 Å². The largest absolute Gasteiger partial charge is 0.497 e. The summed E-state index contributed by atoms with van der Waals surface area (Å²) in [6.45, 7) is 0. The highest BCUT2D eigenvalue weighted by atomic mass is 35.5. The van der Waals surface area contributed by atoms with Crippen molar-refractivity contribution in [3.63, 3.8) is 0 Å². The Balaban J connectivity index is 1.80. The molecule has 0 bridgehead atoms. The molecule has 0 fully saturated rings. The summed E-state index contributed by atoms with van der Waals surface area (Å²) in [7, 11) is 1.60. The van der Waals surface area contributed by atoms with E-state index >= 15 is 0 Å². The van der Waals surface area contributed by atoms with Gasteiger partial charge in [0.25, 0.3) is 0 Å². The van der Waals surface area contributed by atoms with Crippen molar-refractivity contribution in [3.05, 3.63) is 89.2 Å². The molecule has 4 rings (SSSR count). The van der Waals surface area contributed by atoms with Crippen LogP contribution in [-0.4, -0.2) is 27.8 Å². The summed E-state index contributed by atoms with van der Waals surface area (Å²) >= 11 is 7.21. The van der Waals surface area contributed by atoms with Crippen LogP contribution in [0.2, 0.25) is 5.02 Å². The number of primary amides is 1. The Hall–Kier alpha value is -3.36. The van der Waals surface area contributed by atoms with Gasteiger partial charge in [-0.2, -0.15) is 0 Å². The van der Waals surface area contributed by atoms with Gasteiger partial charge < -0.3 is 10.5 Å². The third-order valence-corrected chi connectivity index (χ3v) is 6.19. The smallest absolute Gasteiger partial charge is 0.235 e. The molecule has 0 radical (unpaired) electrons. The van der Waals surface area contributed by atoms with E-state index in [9.17, 15) is 9.18 Å². The fraction of sp³-hybridized carbons (Fsp3) is 0.0870. The number of benzene rings is 3. The van der Waals surface area contributed by atoms with Crippen LogP contribution in [0.3, 0.4) is 0 Å². The topological polar surface area (TPSA) is 83.0 Å². The van der Waals surface area contributed by atoms with Gasteiger partial charge in [0.1, 0.15) is 16.8 Å². The van der Waals surface area contributed by atoms with Gasteiger partial charge in [-0.1, -0.05) is 35.5 Å². The van der Waals surface area contributed by atoms with Crippen molar-refractivity contribution in [1.82, 2.24) is 14.8 Å². The second-order valence-electron chi connectivity index (χ2n) is 6.80. The van der Waals surface area contributed by atoms with Gasteiger partial charge in [-0.25, -0.2) is 4.39 Å². The summed E-state index contributed by atoms with van der Waals surface area (Å²) in [6.07, 6.45) is 0. The minimum atomic E-state index is -0.783. The van der Waals surface area contributed by atoms with Crippen molar-refractivity contribution in [2.45, 2.75) is 10.4 Å². The van der Waals surface area contributed by atoms with Gasteiger partial charge in [0, 0.05) is 16.3 Å². The first kappa shape index (κ1) is 21.9. The lowest BCUT2D eigenvalue weighted by Crippen LogP contribution is -2.19. The molecule has 0 aliphatic heterocycles. The maximum atomic E-state index is 13.4. The molecule has 6 nitrogen and oxygen atoms in total. The lowest BCUT2D eigenvalue weighted by molar-refractivity contribution is -0.117. The normalized spacial score (nSPS) is 11.8. The van der Waals surface area contributed by atoms with E-state index in [0.717, 1.165) is 23.0 Å². The maximum absolute atomic E-state index is 13.4. The van der Waals surface area contributed by atoms with Crippen LogP contribution in [0.4, 0.5) is 4.39 Å². The maximum Gasteiger partial charge on any atom is 0.235 e. The molecule has 0 aliphatic carbocycles. The number of aromatic nitrogens is 3. The number of hydrogen-bond donors (Lipinski definition) is 1. The number of amides is 1. The number of nitrogens with two attached hydrogens (primary N) is 1. The second kappa shape index (κ2) is 9.42. The molecular formula is C23H18ClFN4O2S. The number of carbonyl (C=O) groups excluding carboxylic acids is 1. The van der Waals surface area contributed by atoms with E-state index in [0.29, 0.717) is 27.3 Å².